The van der Waals surface area contributed by atoms with Crippen LogP contribution in [0.3, 0.4) is 0 Å². The molecule has 1 atom stereocenters. The Morgan fingerprint density at radius 1 is 1.67 bits per heavy atom. The fraction of sp³-hybridized carbons (Fsp3) is 0.455. The molecule has 1 unspecified atom stereocenters. The molecule has 1 aliphatic rings. The van der Waals surface area contributed by atoms with Crippen LogP contribution in [0, 0.1) is 11.3 Å². The lowest BCUT2D eigenvalue weighted by molar-refractivity contribution is 0.727. The zero-order valence-electron chi connectivity index (χ0n) is 8.57. The van der Waals surface area contributed by atoms with Crippen molar-refractivity contribution in [2.75, 3.05) is 11.4 Å². The van der Waals surface area contributed by atoms with E-state index in [1.54, 1.807) is 12.3 Å². The van der Waals surface area contributed by atoms with E-state index in [4.69, 9.17) is 16.9 Å². The highest BCUT2D eigenvalue weighted by molar-refractivity contribution is 6.34. The van der Waals surface area contributed by atoms with Crippen molar-refractivity contribution in [1.82, 2.24) is 4.98 Å². The van der Waals surface area contributed by atoms with Gasteiger partial charge in [-0.05, 0) is 25.8 Å². The lowest BCUT2D eigenvalue weighted by Gasteiger charge is -2.23. The van der Waals surface area contributed by atoms with Gasteiger partial charge in [0, 0.05) is 18.8 Å². The highest BCUT2D eigenvalue weighted by Crippen LogP contribution is 2.31. The van der Waals surface area contributed by atoms with Crippen LogP contribution in [0.25, 0.3) is 0 Å². The van der Waals surface area contributed by atoms with Gasteiger partial charge in [-0.1, -0.05) is 11.6 Å². The molecule has 2 heterocycles. The van der Waals surface area contributed by atoms with E-state index in [-0.39, 0.29) is 0 Å². The summed E-state index contributed by atoms with van der Waals surface area (Å²) in [6.07, 6.45) is 3.97. The van der Waals surface area contributed by atoms with Crippen LogP contribution in [0.15, 0.2) is 12.3 Å². The number of halogens is 1. The highest BCUT2D eigenvalue weighted by atomic mass is 35.5. The molecule has 2 rings (SSSR count). The van der Waals surface area contributed by atoms with Gasteiger partial charge in [0.1, 0.15) is 16.9 Å². The van der Waals surface area contributed by atoms with Crippen molar-refractivity contribution in [2.24, 2.45) is 0 Å². The predicted octanol–water partition coefficient (Wildman–Crippen LogP) is 2.60. The molecule has 0 aliphatic carbocycles. The molecule has 0 amide bonds. The number of pyridine rings is 1. The Balaban J connectivity index is 2.40. The zero-order chi connectivity index (χ0) is 10.8. The molecule has 1 aliphatic heterocycles. The van der Waals surface area contributed by atoms with Gasteiger partial charge in [-0.2, -0.15) is 5.26 Å². The summed E-state index contributed by atoms with van der Waals surface area (Å²) >= 11 is 6.13. The Morgan fingerprint density at radius 3 is 3.07 bits per heavy atom. The van der Waals surface area contributed by atoms with Gasteiger partial charge in [-0.15, -0.1) is 0 Å². The quantitative estimate of drug-likeness (QED) is 0.732. The van der Waals surface area contributed by atoms with Crippen molar-refractivity contribution >= 4 is 17.4 Å². The average Bonchev–Trinajstić information content (AvgIpc) is 2.65. The van der Waals surface area contributed by atoms with Crippen LogP contribution >= 0.6 is 11.6 Å². The van der Waals surface area contributed by atoms with Crippen LogP contribution in [0.4, 0.5) is 5.82 Å². The molecule has 4 heteroatoms. The summed E-state index contributed by atoms with van der Waals surface area (Å²) in [5, 5.41) is 9.35. The Kier molecular flexibility index (Phi) is 2.79. The zero-order valence-corrected chi connectivity index (χ0v) is 9.33. The van der Waals surface area contributed by atoms with E-state index in [1.807, 2.05) is 0 Å². The second-order valence-electron chi connectivity index (χ2n) is 3.79. The minimum atomic E-state index is 0.462. The number of rotatable bonds is 1. The van der Waals surface area contributed by atoms with Crippen LogP contribution in [0.5, 0.6) is 0 Å². The van der Waals surface area contributed by atoms with Gasteiger partial charge < -0.3 is 4.90 Å². The molecule has 0 saturated carbocycles. The van der Waals surface area contributed by atoms with Crippen LogP contribution < -0.4 is 4.90 Å². The molecular formula is C11H12ClN3. The second-order valence-corrected chi connectivity index (χ2v) is 4.17. The second kappa shape index (κ2) is 4.08. The summed E-state index contributed by atoms with van der Waals surface area (Å²) in [6.45, 7) is 3.13. The minimum Gasteiger partial charge on any atom is -0.353 e. The van der Waals surface area contributed by atoms with Gasteiger partial charge >= 0.3 is 0 Å². The maximum Gasteiger partial charge on any atom is 0.148 e. The Labute approximate surface area is 94.3 Å². The lowest BCUT2D eigenvalue weighted by Crippen LogP contribution is -2.27. The van der Waals surface area contributed by atoms with Gasteiger partial charge in [0.05, 0.1) is 5.56 Å². The Bertz CT molecular complexity index is 411. The van der Waals surface area contributed by atoms with Crippen molar-refractivity contribution in [3.05, 3.63) is 22.8 Å². The van der Waals surface area contributed by atoms with Crippen molar-refractivity contribution in [3.8, 4) is 6.07 Å². The normalized spacial score (nSPS) is 20.3. The number of hydrogen-bond acceptors (Lipinski definition) is 3. The molecule has 0 aromatic carbocycles. The molecule has 0 bridgehead atoms. The van der Waals surface area contributed by atoms with Gasteiger partial charge in [0.25, 0.3) is 0 Å². The maximum atomic E-state index is 8.87. The van der Waals surface area contributed by atoms with Crippen LogP contribution in [-0.4, -0.2) is 17.6 Å². The number of nitriles is 1. The summed E-state index contributed by atoms with van der Waals surface area (Å²) in [6, 6.07) is 4.18. The van der Waals surface area contributed by atoms with Crippen molar-refractivity contribution in [1.29, 1.82) is 5.26 Å². The van der Waals surface area contributed by atoms with Crippen LogP contribution in [0.2, 0.25) is 5.02 Å². The number of hydrogen-bond donors (Lipinski definition) is 0. The van der Waals surface area contributed by atoms with E-state index < -0.39 is 0 Å². The summed E-state index contributed by atoms with van der Waals surface area (Å²) in [4.78, 5) is 6.43. The molecule has 3 nitrogen and oxygen atoms in total. The topological polar surface area (TPSA) is 39.9 Å². The third-order valence-electron chi connectivity index (χ3n) is 2.82. The molecule has 1 saturated heterocycles. The molecular weight excluding hydrogens is 210 g/mol. The van der Waals surface area contributed by atoms with Gasteiger partial charge in [0.2, 0.25) is 0 Å². The summed E-state index contributed by atoms with van der Waals surface area (Å²) in [5.74, 6) is 0.751. The number of aromatic nitrogens is 1. The largest absolute Gasteiger partial charge is 0.353 e. The predicted molar refractivity (Wildman–Crippen MR) is 60.0 cm³/mol. The van der Waals surface area contributed by atoms with Crippen molar-refractivity contribution < 1.29 is 0 Å². The Hall–Kier alpha value is -1.27. The SMILES string of the molecule is CC1CCCN1c1nccc(C#N)c1Cl. The molecule has 78 valence electrons. The van der Waals surface area contributed by atoms with E-state index in [0.717, 1.165) is 25.2 Å². The molecule has 1 fully saturated rings. The third kappa shape index (κ3) is 1.78. The minimum absolute atomic E-state index is 0.462. The van der Waals surface area contributed by atoms with Crippen LogP contribution in [0.1, 0.15) is 25.3 Å². The standard InChI is InChI=1S/C11H12ClN3/c1-8-3-2-6-15(8)11-10(12)9(7-13)4-5-14-11/h4-5,8H,2-3,6H2,1H3. The molecule has 0 N–H and O–H groups in total. The molecule has 1 aromatic rings. The third-order valence-corrected chi connectivity index (χ3v) is 3.19. The number of anilines is 1. The van der Waals surface area contributed by atoms with Crippen LogP contribution in [-0.2, 0) is 0 Å². The first-order valence-corrected chi connectivity index (χ1v) is 5.43. The first kappa shape index (κ1) is 10.3. The van der Waals surface area contributed by atoms with E-state index in [1.165, 1.54) is 0 Å². The first-order valence-electron chi connectivity index (χ1n) is 5.05. The smallest absolute Gasteiger partial charge is 0.148 e. The number of nitrogens with zero attached hydrogens (tertiary/aromatic N) is 3. The fourth-order valence-electron chi connectivity index (χ4n) is 1.97. The van der Waals surface area contributed by atoms with E-state index >= 15 is 0 Å². The van der Waals surface area contributed by atoms with Crippen molar-refractivity contribution in [2.45, 2.75) is 25.8 Å². The fourth-order valence-corrected chi connectivity index (χ4v) is 2.23. The summed E-state index contributed by atoms with van der Waals surface area (Å²) < 4.78 is 0. The summed E-state index contributed by atoms with van der Waals surface area (Å²) in [7, 11) is 0. The monoisotopic (exact) mass is 221 g/mol. The van der Waals surface area contributed by atoms with Gasteiger partial charge in [-0.3, -0.25) is 0 Å². The van der Waals surface area contributed by atoms with E-state index in [2.05, 4.69) is 22.9 Å². The molecule has 15 heavy (non-hydrogen) atoms. The van der Waals surface area contributed by atoms with E-state index in [9.17, 15) is 0 Å². The molecule has 0 radical (unpaired) electrons. The highest BCUT2D eigenvalue weighted by Gasteiger charge is 2.24. The summed E-state index contributed by atoms with van der Waals surface area (Å²) in [5.41, 5.74) is 0.501. The average molecular weight is 222 g/mol. The van der Waals surface area contributed by atoms with Gasteiger partial charge in [0.15, 0.2) is 0 Å². The first-order chi connectivity index (χ1) is 7.24. The van der Waals surface area contributed by atoms with Gasteiger partial charge in [-0.25, -0.2) is 4.98 Å². The maximum absolute atomic E-state index is 8.87. The molecule has 0 spiro atoms. The lowest BCUT2D eigenvalue weighted by atomic mass is 10.2. The van der Waals surface area contributed by atoms with E-state index in [0.29, 0.717) is 16.6 Å². The molecule has 1 aromatic heterocycles. The Morgan fingerprint density at radius 2 is 2.47 bits per heavy atom. The van der Waals surface area contributed by atoms with Crippen molar-refractivity contribution in [3.63, 3.8) is 0 Å².